The Morgan fingerprint density at radius 3 is 2.86 bits per heavy atom. The summed E-state index contributed by atoms with van der Waals surface area (Å²) in [5, 5.41) is 2.47. The molecule has 0 atom stereocenters. The van der Waals surface area contributed by atoms with Crippen LogP contribution in [0.2, 0.25) is 0 Å². The van der Waals surface area contributed by atoms with Crippen molar-refractivity contribution in [3.05, 3.63) is 29.6 Å². The highest BCUT2D eigenvalue weighted by Crippen LogP contribution is 2.15. The molecule has 0 bridgehead atoms. The van der Waals surface area contributed by atoms with Crippen molar-refractivity contribution >= 4 is 11.6 Å². The fraction of sp³-hybridized carbons (Fsp3) is 0.300. The highest BCUT2D eigenvalue weighted by molar-refractivity contribution is 5.90. The average Bonchev–Trinajstić information content (AvgIpc) is 2.21. The van der Waals surface area contributed by atoms with Crippen LogP contribution in [0, 0.1) is 5.82 Å². The van der Waals surface area contributed by atoms with Gasteiger partial charge in [0.2, 0.25) is 5.91 Å². The molecule has 0 saturated carbocycles. The van der Waals surface area contributed by atoms with Crippen LogP contribution in [-0.4, -0.2) is 5.91 Å². The zero-order valence-corrected chi connectivity index (χ0v) is 8.01. The Balaban J connectivity index is 2.89. The quantitative estimate of drug-likeness (QED) is 0.772. The first-order chi connectivity index (χ1) is 6.67. The average molecular weight is 196 g/mol. The molecule has 0 unspecified atom stereocenters. The van der Waals surface area contributed by atoms with Gasteiger partial charge in [0.1, 0.15) is 5.82 Å². The summed E-state index contributed by atoms with van der Waals surface area (Å²) in [5.41, 5.74) is 6.38. The van der Waals surface area contributed by atoms with Gasteiger partial charge in [0.25, 0.3) is 0 Å². The molecular weight excluding hydrogens is 183 g/mol. The lowest BCUT2D eigenvalue weighted by molar-refractivity contribution is -0.115. The van der Waals surface area contributed by atoms with E-state index in [0.717, 1.165) is 5.56 Å². The topological polar surface area (TPSA) is 55.1 Å². The molecule has 0 aliphatic carbocycles. The summed E-state index contributed by atoms with van der Waals surface area (Å²) >= 11 is 0. The van der Waals surface area contributed by atoms with E-state index < -0.39 is 5.82 Å². The molecule has 3 N–H and O–H groups in total. The maximum absolute atomic E-state index is 13.1. The van der Waals surface area contributed by atoms with E-state index >= 15 is 0 Å². The minimum Gasteiger partial charge on any atom is -0.326 e. The van der Waals surface area contributed by atoms with Crippen LogP contribution in [0.3, 0.4) is 0 Å². The second kappa shape index (κ2) is 4.72. The van der Waals surface area contributed by atoms with Gasteiger partial charge >= 0.3 is 0 Å². The van der Waals surface area contributed by atoms with Crippen molar-refractivity contribution in [2.45, 2.75) is 19.9 Å². The number of carbonyl (C=O) groups is 1. The number of anilines is 1. The summed E-state index contributed by atoms with van der Waals surface area (Å²) in [6.07, 6.45) is 0.326. The molecule has 0 aromatic heterocycles. The molecular formula is C10H13FN2O. The molecule has 3 nitrogen and oxygen atoms in total. The lowest BCUT2D eigenvalue weighted by atomic mass is 10.2. The number of nitrogens with one attached hydrogen (secondary N) is 1. The standard InChI is InChI=1S/C10H13FN2O/c1-2-10(14)13-9-5-7(6-12)3-4-8(9)11/h3-5H,2,6,12H2,1H3,(H,13,14). The van der Waals surface area contributed by atoms with Crippen LogP contribution in [0.4, 0.5) is 10.1 Å². The van der Waals surface area contributed by atoms with Crippen molar-refractivity contribution in [3.8, 4) is 0 Å². The monoisotopic (exact) mass is 196 g/mol. The molecule has 4 heteroatoms. The second-order valence-electron chi connectivity index (χ2n) is 2.92. The summed E-state index contributed by atoms with van der Waals surface area (Å²) in [6.45, 7) is 2.04. The molecule has 0 heterocycles. The van der Waals surface area contributed by atoms with E-state index in [4.69, 9.17) is 5.73 Å². The van der Waals surface area contributed by atoms with Gasteiger partial charge in [-0.15, -0.1) is 0 Å². The maximum Gasteiger partial charge on any atom is 0.224 e. The SMILES string of the molecule is CCC(=O)Nc1cc(CN)ccc1F. The number of benzene rings is 1. The number of nitrogens with two attached hydrogens (primary N) is 1. The Labute approximate surface area is 82.1 Å². The summed E-state index contributed by atoms with van der Waals surface area (Å²) in [7, 11) is 0. The Morgan fingerprint density at radius 2 is 2.29 bits per heavy atom. The van der Waals surface area contributed by atoms with E-state index in [1.165, 1.54) is 6.07 Å². The molecule has 1 rings (SSSR count). The zero-order valence-electron chi connectivity index (χ0n) is 8.01. The van der Waals surface area contributed by atoms with Gasteiger partial charge in [-0.05, 0) is 17.7 Å². The van der Waals surface area contributed by atoms with Gasteiger partial charge in [-0.3, -0.25) is 4.79 Å². The molecule has 0 radical (unpaired) electrons. The Morgan fingerprint density at radius 1 is 1.57 bits per heavy atom. The van der Waals surface area contributed by atoms with Gasteiger partial charge in [-0.1, -0.05) is 13.0 Å². The van der Waals surface area contributed by atoms with Crippen LogP contribution in [-0.2, 0) is 11.3 Å². The van der Waals surface area contributed by atoms with Crippen molar-refractivity contribution in [2.75, 3.05) is 5.32 Å². The van der Waals surface area contributed by atoms with Crippen LogP contribution in [0.25, 0.3) is 0 Å². The lowest BCUT2D eigenvalue weighted by Crippen LogP contribution is -2.11. The predicted molar refractivity (Wildman–Crippen MR) is 53.2 cm³/mol. The summed E-state index contributed by atoms with van der Waals surface area (Å²) in [6, 6.07) is 4.44. The first kappa shape index (κ1) is 10.7. The molecule has 1 aromatic rings. The van der Waals surface area contributed by atoms with Crippen molar-refractivity contribution in [2.24, 2.45) is 5.73 Å². The number of halogens is 1. The van der Waals surface area contributed by atoms with Gasteiger partial charge < -0.3 is 11.1 Å². The fourth-order valence-corrected chi connectivity index (χ4v) is 1.03. The largest absolute Gasteiger partial charge is 0.326 e. The van der Waals surface area contributed by atoms with E-state index in [9.17, 15) is 9.18 Å². The van der Waals surface area contributed by atoms with Crippen LogP contribution < -0.4 is 11.1 Å². The smallest absolute Gasteiger partial charge is 0.224 e. The van der Waals surface area contributed by atoms with Gasteiger partial charge in [-0.2, -0.15) is 0 Å². The summed E-state index contributed by atoms with van der Waals surface area (Å²) in [5.74, 6) is -0.651. The Kier molecular flexibility index (Phi) is 3.59. The van der Waals surface area contributed by atoms with E-state index in [1.54, 1.807) is 19.1 Å². The number of hydrogen-bond acceptors (Lipinski definition) is 2. The number of amides is 1. The molecule has 1 amide bonds. The highest BCUT2D eigenvalue weighted by atomic mass is 19.1. The molecule has 0 aliphatic heterocycles. The van der Waals surface area contributed by atoms with Crippen LogP contribution >= 0.6 is 0 Å². The van der Waals surface area contributed by atoms with Crippen molar-refractivity contribution in [3.63, 3.8) is 0 Å². The first-order valence-corrected chi connectivity index (χ1v) is 4.45. The highest BCUT2D eigenvalue weighted by Gasteiger charge is 2.05. The third-order valence-corrected chi connectivity index (χ3v) is 1.86. The van der Waals surface area contributed by atoms with Crippen LogP contribution in [0.5, 0.6) is 0 Å². The van der Waals surface area contributed by atoms with E-state index in [-0.39, 0.29) is 11.6 Å². The van der Waals surface area contributed by atoms with Gasteiger partial charge in [0, 0.05) is 13.0 Å². The van der Waals surface area contributed by atoms with Gasteiger partial charge in [-0.25, -0.2) is 4.39 Å². The van der Waals surface area contributed by atoms with Crippen LogP contribution in [0.15, 0.2) is 18.2 Å². The van der Waals surface area contributed by atoms with Crippen molar-refractivity contribution in [1.82, 2.24) is 0 Å². The number of hydrogen-bond donors (Lipinski definition) is 2. The normalized spacial score (nSPS) is 9.93. The predicted octanol–water partition coefficient (Wildman–Crippen LogP) is 1.63. The van der Waals surface area contributed by atoms with Crippen molar-refractivity contribution < 1.29 is 9.18 Å². The van der Waals surface area contributed by atoms with E-state index in [1.807, 2.05) is 0 Å². The third kappa shape index (κ3) is 2.53. The molecule has 0 saturated heterocycles. The van der Waals surface area contributed by atoms with Gasteiger partial charge in [0.15, 0.2) is 0 Å². The third-order valence-electron chi connectivity index (χ3n) is 1.86. The fourth-order valence-electron chi connectivity index (χ4n) is 1.03. The number of rotatable bonds is 3. The van der Waals surface area contributed by atoms with E-state index in [0.29, 0.717) is 13.0 Å². The van der Waals surface area contributed by atoms with Gasteiger partial charge in [0.05, 0.1) is 5.69 Å². The second-order valence-corrected chi connectivity index (χ2v) is 2.92. The van der Waals surface area contributed by atoms with Crippen LogP contribution in [0.1, 0.15) is 18.9 Å². The summed E-state index contributed by atoms with van der Waals surface area (Å²) < 4.78 is 13.1. The zero-order chi connectivity index (χ0) is 10.6. The minimum absolute atomic E-state index is 0.194. The van der Waals surface area contributed by atoms with Crippen molar-refractivity contribution in [1.29, 1.82) is 0 Å². The minimum atomic E-state index is -0.441. The molecule has 0 aliphatic rings. The molecule has 0 fully saturated rings. The molecule has 0 spiro atoms. The van der Waals surface area contributed by atoms with E-state index in [2.05, 4.69) is 5.32 Å². The maximum atomic E-state index is 13.1. The summed E-state index contributed by atoms with van der Waals surface area (Å²) in [4.78, 5) is 11.0. The first-order valence-electron chi connectivity index (χ1n) is 4.45. The lowest BCUT2D eigenvalue weighted by Gasteiger charge is -2.06. The number of carbonyl (C=O) groups excluding carboxylic acids is 1. The Bertz CT molecular complexity index is 339. The molecule has 1 aromatic carbocycles. The molecule has 76 valence electrons. The molecule has 14 heavy (non-hydrogen) atoms. The Hall–Kier alpha value is -1.42.